The number of piperazine rings is 1. The third kappa shape index (κ3) is 3.40. The number of aromatic nitrogens is 3. The number of benzene rings is 1. The summed E-state index contributed by atoms with van der Waals surface area (Å²) in [6, 6.07) is 8.31. The van der Waals surface area contributed by atoms with Crippen molar-refractivity contribution in [1.82, 2.24) is 20.1 Å². The highest BCUT2D eigenvalue weighted by molar-refractivity contribution is 5.82. The first kappa shape index (κ1) is 16.6. The smallest absolute Gasteiger partial charge is 0.223 e. The Hall–Kier alpha value is -2.89. The molecule has 6 nitrogen and oxygen atoms in total. The Morgan fingerprint density at radius 2 is 1.92 bits per heavy atom. The van der Waals surface area contributed by atoms with Crippen LogP contribution in [0.15, 0.2) is 42.9 Å². The van der Waals surface area contributed by atoms with Gasteiger partial charge in [0, 0.05) is 56.1 Å². The van der Waals surface area contributed by atoms with Gasteiger partial charge in [-0.3, -0.25) is 14.9 Å². The second-order valence-electron chi connectivity index (χ2n) is 6.82. The maximum Gasteiger partial charge on any atom is 0.223 e. The van der Waals surface area contributed by atoms with Gasteiger partial charge in [0.25, 0.3) is 0 Å². The van der Waals surface area contributed by atoms with E-state index in [0.717, 1.165) is 43.5 Å². The first-order valence-electron chi connectivity index (χ1n) is 9.06. The molecular formula is C20H23N5O. The van der Waals surface area contributed by atoms with Crippen molar-refractivity contribution in [3.05, 3.63) is 54.0 Å². The molecular weight excluding hydrogens is 326 g/mol. The molecule has 134 valence electrons. The number of aromatic amines is 1. The molecule has 4 rings (SSSR count). The number of rotatable bonds is 4. The number of pyridine rings is 1. The minimum absolute atomic E-state index is 0.240. The Balaban J connectivity index is 1.32. The average molecular weight is 349 g/mol. The average Bonchev–Trinajstić information content (AvgIpc) is 3.16. The van der Waals surface area contributed by atoms with Gasteiger partial charge in [-0.05, 0) is 42.7 Å². The number of hydrogen-bond acceptors (Lipinski definition) is 4. The molecule has 1 aliphatic heterocycles. The van der Waals surface area contributed by atoms with Crippen LogP contribution in [0.1, 0.15) is 17.5 Å². The zero-order chi connectivity index (χ0) is 17.9. The molecule has 0 saturated carbocycles. The Kier molecular flexibility index (Phi) is 4.56. The number of anilines is 1. The predicted octanol–water partition coefficient (Wildman–Crippen LogP) is 2.55. The summed E-state index contributed by atoms with van der Waals surface area (Å²) < 4.78 is 0. The van der Waals surface area contributed by atoms with Gasteiger partial charge in [-0.2, -0.15) is 5.10 Å². The van der Waals surface area contributed by atoms with E-state index in [1.807, 2.05) is 35.6 Å². The first-order chi connectivity index (χ1) is 12.7. The fourth-order valence-electron chi connectivity index (χ4n) is 3.64. The molecule has 1 amide bonds. The van der Waals surface area contributed by atoms with Gasteiger partial charge < -0.3 is 9.80 Å². The summed E-state index contributed by atoms with van der Waals surface area (Å²) >= 11 is 0. The largest absolute Gasteiger partial charge is 0.368 e. The quantitative estimate of drug-likeness (QED) is 0.786. The van der Waals surface area contributed by atoms with Crippen LogP contribution in [0.5, 0.6) is 0 Å². The van der Waals surface area contributed by atoms with Crippen LogP contribution >= 0.6 is 0 Å². The summed E-state index contributed by atoms with van der Waals surface area (Å²) in [4.78, 5) is 20.9. The zero-order valence-corrected chi connectivity index (χ0v) is 15.0. The molecule has 0 bridgehead atoms. The molecule has 1 fully saturated rings. The van der Waals surface area contributed by atoms with Crippen LogP contribution in [0.2, 0.25) is 0 Å². The van der Waals surface area contributed by atoms with Gasteiger partial charge in [0.05, 0.1) is 11.7 Å². The summed E-state index contributed by atoms with van der Waals surface area (Å²) in [5.74, 6) is 0.240. The van der Waals surface area contributed by atoms with Crippen molar-refractivity contribution < 1.29 is 4.79 Å². The maximum absolute atomic E-state index is 12.6. The summed E-state index contributed by atoms with van der Waals surface area (Å²) in [5, 5.41) is 8.22. The first-order valence-corrected chi connectivity index (χ1v) is 9.06. The van der Waals surface area contributed by atoms with Gasteiger partial charge in [-0.1, -0.05) is 6.07 Å². The summed E-state index contributed by atoms with van der Waals surface area (Å²) in [6.07, 6.45) is 6.78. The van der Waals surface area contributed by atoms with E-state index in [1.165, 1.54) is 16.8 Å². The van der Waals surface area contributed by atoms with E-state index in [2.05, 4.69) is 39.1 Å². The highest BCUT2D eigenvalue weighted by Gasteiger charge is 2.21. The number of hydrogen-bond donors (Lipinski definition) is 1. The van der Waals surface area contributed by atoms with Crippen LogP contribution in [0.3, 0.4) is 0 Å². The molecule has 0 unspecified atom stereocenters. The molecule has 1 aromatic carbocycles. The molecule has 0 spiro atoms. The number of nitrogens with zero attached hydrogens (tertiary/aromatic N) is 4. The van der Waals surface area contributed by atoms with Crippen LogP contribution < -0.4 is 4.90 Å². The molecule has 0 atom stereocenters. The lowest BCUT2D eigenvalue weighted by atomic mass is 10.0. The number of fused-ring (bicyclic) bond motifs is 1. The Morgan fingerprint density at radius 3 is 2.69 bits per heavy atom. The molecule has 26 heavy (non-hydrogen) atoms. The van der Waals surface area contributed by atoms with Crippen LogP contribution in [0, 0.1) is 6.92 Å². The third-order valence-electron chi connectivity index (χ3n) is 5.09. The van der Waals surface area contributed by atoms with Crippen molar-refractivity contribution >= 4 is 22.5 Å². The molecule has 2 aromatic heterocycles. The predicted molar refractivity (Wildman–Crippen MR) is 102 cm³/mol. The molecule has 1 N–H and O–H groups in total. The number of H-pyrrole nitrogens is 1. The molecule has 1 saturated heterocycles. The SMILES string of the molecule is Cc1cc(CCC(=O)N2CCN(c3ccncc3)CC2)cc2cn[nH]c12. The van der Waals surface area contributed by atoms with E-state index in [9.17, 15) is 4.79 Å². The number of carbonyl (C=O) groups excluding carboxylic acids is 1. The lowest BCUT2D eigenvalue weighted by Gasteiger charge is -2.36. The van der Waals surface area contributed by atoms with Crippen molar-refractivity contribution in [3.63, 3.8) is 0 Å². The molecule has 1 aliphatic rings. The van der Waals surface area contributed by atoms with E-state index >= 15 is 0 Å². The molecule has 0 radical (unpaired) electrons. The van der Waals surface area contributed by atoms with Gasteiger partial charge in [0.15, 0.2) is 0 Å². The van der Waals surface area contributed by atoms with E-state index < -0.39 is 0 Å². The maximum atomic E-state index is 12.6. The molecule has 3 heterocycles. The van der Waals surface area contributed by atoms with Crippen molar-refractivity contribution in [2.75, 3.05) is 31.1 Å². The van der Waals surface area contributed by atoms with Gasteiger partial charge in [-0.25, -0.2) is 0 Å². The van der Waals surface area contributed by atoms with Gasteiger partial charge in [-0.15, -0.1) is 0 Å². The standard InChI is InChI=1S/C20H23N5O/c1-15-12-16(13-17-14-22-23-20(15)17)2-3-19(26)25-10-8-24(9-11-25)18-4-6-21-7-5-18/h4-7,12-14H,2-3,8-11H2,1H3,(H,22,23). The zero-order valence-electron chi connectivity index (χ0n) is 15.0. The minimum atomic E-state index is 0.240. The van der Waals surface area contributed by atoms with Gasteiger partial charge >= 0.3 is 0 Å². The van der Waals surface area contributed by atoms with Crippen molar-refractivity contribution in [1.29, 1.82) is 0 Å². The van der Waals surface area contributed by atoms with Crippen molar-refractivity contribution in [3.8, 4) is 0 Å². The minimum Gasteiger partial charge on any atom is -0.368 e. The normalized spacial score (nSPS) is 14.8. The van der Waals surface area contributed by atoms with Crippen LogP contribution in [-0.4, -0.2) is 52.2 Å². The summed E-state index contributed by atoms with van der Waals surface area (Å²) in [7, 11) is 0. The molecule has 0 aliphatic carbocycles. The van der Waals surface area contributed by atoms with Gasteiger partial charge in [0.2, 0.25) is 5.91 Å². The number of nitrogens with one attached hydrogen (secondary N) is 1. The van der Waals surface area contributed by atoms with Crippen LogP contribution in [-0.2, 0) is 11.2 Å². The second-order valence-corrected chi connectivity index (χ2v) is 6.82. The van der Waals surface area contributed by atoms with Crippen molar-refractivity contribution in [2.45, 2.75) is 19.8 Å². The summed E-state index contributed by atoms with van der Waals surface area (Å²) in [5.41, 5.74) is 4.62. The topological polar surface area (TPSA) is 65.1 Å². The van der Waals surface area contributed by atoms with Crippen LogP contribution in [0.4, 0.5) is 5.69 Å². The number of amides is 1. The molecule has 6 heteroatoms. The third-order valence-corrected chi connectivity index (χ3v) is 5.09. The lowest BCUT2D eigenvalue weighted by molar-refractivity contribution is -0.131. The fraction of sp³-hybridized carbons (Fsp3) is 0.350. The summed E-state index contributed by atoms with van der Waals surface area (Å²) in [6.45, 7) is 5.37. The number of carbonyl (C=O) groups is 1. The van der Waals surface area contributed by atoms with Crippen LogP contribution in [0.25, 0.3) is 10.9 Å². The van der Waals surface area contributed by atoms with E-state index in [1.54, 1.807) is 0 Å². The number of aryl methyl sites for hydroxylation is 2. The molecule has 3 aromatic rings. The lowest BCUT2D eigenvalue weighted by Crippen LogP contribution is -2.48. The Bertz CT molecular complexity index is 897. The van der Waals surface area contributed by atoms with E-state index in [4.69, 9.17) is 0 Å². The highest BCUT2D eigenvalue weighted by Crippen LogP contribution is 2.20. The Morgan fingerprint density at radius 1 is 1.15 bits per heavy atom. The monoisotopic (exact) mass is 349 g/mol. The Labute approximate surface area is 152 Å². The van der Waals surface area contributed by atoms with Crippen molar-refractivity contribution in [2.24, 2.45) is 0 Å². The van der Waals surface area contributed by atoms with E-state index in [-0.39, 0.29) is 5.91 Å². The van der Waals surface area contributed by atoms with Gasteiger partial charge in [0.1, 0.15) is 0 Å². The fourth-order valence-corrected chi connectivity index (χ4v) is 3.64. The van der Waals surface area contributed by atoms with E-state index in [0.29, 0.717) is 6.42 Å². The highest BCUT2D eigenvalue weighted by atomic mass is 16.2. The second kappa shape index (κ2) is 7.15.